The number of hydrogen-bond donors (Lipinski definition) is 1. The molecule has 8 nitrogen and oxygen atoms in total. The van der Waals surface area contributed by atoms with E-state index in [0.29, 0.717) is 33.9 Å². The number of hydrogen-bond acceptors (Lipinski definition) is 6. The van der Waals surface area contributed by atoms with Gasteiger partial charge in [-0.05, 0) is 43.2 Å². The molecule has 1 aliphatic heterocycles. The Balaban J connectivity index is 1.39. The molecule has 0 saturated heterocycles. The number of para-hydroxylation sites is 1. The van der Waals surface area contributed by atoms with Gasteiger partial charge in [-0.15, -0.1) is 0 Å². The number of amides is 1. The summed E-state index contributed by atoms with van der Waals surface area (Å²) in [5.41, 5.74) is 2.01. The third-order valence-electron chi connectivity index (χ3n) is 5.66. The van der Waals surface area contributed by atoms with Gasteiger partial charge >= 0.3 is 0 Å². The first-order valence-corrected chi connectivity index (χ1v) is 10.9. The van der Waals surface area contributed by atoms with Gasteiger partial charge in [-0.25, -0.2) is 4.98 Å². The lowest BCUT2D eigenvalue weighted by Gasteiger charge is -2.16. The number of aromatic nitrogens is 4. The van der Waals surface area contributed by atoms with Crippen LogP contribution in [0, 0.1) is 0 Å². The van der Waals surface area contributed by atoms with E-state index in [1.807, 2.05) is 34.9 Å². The zero-order valence-corrected chi connectivity index (χ0v) is 17.6. The molecule has 1 aliphatic rings. The molecule has 0 atom stereocenters. The van der Waals surface area contributed by atoms with Gasteiger partial charge in [-0.3, -0.25) is 14.2 Å². The number of anilines is 1. The smallest absolute Gasteiger partial charge is 0.261 e. The normalized spacial score (nSPS) is 13.9. The molecule has 0 aliphatic carbocycles. The summed E-state index contributed by atoms with van der Waals surface area (Å²) in [5.74, 6) is 1.20. The number of carbonyl (C=O) groups excluding carboxylic acids is 1. The lowest BCUT2D eigenvalue weighted by Crippen LogP contribution is -2.26. The van der Waals surface area contributed by atoms with Crippen molar-refractivity contribution < 1.29 is 9.32 Å². The number of nitrogens with one attached hydrogen (secondary N) is 1. The molecule has 0 fully saturated rings. The predicted molar refractivity (Wildman–Crippen MR) is 120 cm³/mol. The minimum atomic E-state index is -0.227. The summed E-state index contributed by atoms with van der Waals surface area (Å²) in [6.07, 6.45) is 5.15. The van der Waals surface area contributed by atoms with Crippen LogP contribution in [0.2, 0.25) is 0 Å². The minimum Gasteiger partial charge on any atom is -0.334 e. The average molecular weight is 429 g/mol. The number of fused-ring (bicyclic) bond motifs is 2. The molecule has 0 unspecified atom stereocenters. The number of rotatable bonds is 4. The van der Waals surface area contributed by atoms with E-state index in [1.165, 1.54) is 0 Å². The van der Waals surface area contributed by atoms with E-state index in [-0.39, 0.29) is 17.9 Å². The van der Waals surface area contributed by atoms with Crippen LogP contribution >= 0.6 is 0 Å². The minimum absolute atomic E-state index is 0.000911. The lowest BCUT2D eigenvalue weighted by molar-refractivity contribution is -0.115. The van der Waals surface area contributed by atoms with Crippen LogP contribution in [0.1, 0.15) is 37.3 Å². The van der Waals surface area contributed by atoms with Crippen molar-refractivity contribution in [3.8, 4) is 11.5 Å². The first kappa shape index (κ1) is 20.1. The SMILES string of the molecule is O=C(Cc1noc(-c2ccc3c(=O)n4c(nc3c2)CCCCCC4)n1)Nc1ccccc1. The molecule has 0 saturated carbocycles. The van der Waals surface area contributed by atoms with Crippen LogP contribution in [0.4, 0.5) is 5.69 Å². The van der Waals surface area contributed by atoms with E-state index < -0.39 is 0 Å². The fourth-order valence-corrected chi connectivity index (χ4v) is 4.04. The van der Waals surface area contributed by atoms with Gasteiger partial charge in [-0.2, -0.15) is 4.98 Å². The molecule has 3 heterocycles. The Labute approximate surface area is 184 Å². The summed E-state index contributed by atoms with van der Waals surface area (Å²) in [6, 6.07) is 14.6. The van der Waals surface area contributed by atoms with E-state index in [1.54, 1.807) is 18.2 Å². The Hall–Kier alpha value is -3.81. The van der Waals surface area contributed by atoms with E-state index in [4.69, 9.17) is 9.51 Å². The van der Waals surface area contributed by atoms with Gasteiger partial charge in [0.15, 0.2) is 5.82 Å². The number of aryl methyl sites for hydroxylation is 1. The van der Waals surface area contributed by atoms with Crippen molar-refractivity contribution in [3.63, 3.8) is 0 Å². The number of benzene rings is 2. The van der Waals surface area contributed by atoms with Crippen LogP contribution in [-0.2, 0) is 24.2 Å². The molecule has 0 radical (unpaired) electrons. The first-order valence-electron chi connectivity index (χ1n) is 10.9. The second kappa shape index (κ2) is 8.74. The molecular weight excluding hydrogens is 406 g/mol. The third-order valence-corrected chi connectivity index (χ3v) is 5.66. The Morgan fingerprint density at radius 1 is 1.03 bits per heavy atom. The fraction of sp³-hybridized carbons (Fsp3) is 0.292. The van der Waals surface area contributed by atoms with Crippen LogP contribution in [0.5, 0.6) is 0 Å². The molecule has 5 rings (SSSR count). The average Bonchev–Trinajstić information content (AvgIpc) is 3.24. The largest absolute Gasteiger partial charge is 0.334 e. The summed E-state index contributed by atoms with van der Waals surface area (Å²) in [5, 5.41) is 7.32. The summed E-state index contributed by atoms with van der Waals surface area (Å²) in [4.78, 5) is 34.4. The molecule has 2 aromatic heterocycles. The maximum Gasteiger partial charge on any atom is 0.261 e. The molecule has 32 heavy (non-hydrogen) atoms. The van der Waals surface area contributed by atoms with Crippen LogP contribution in [-0.4, -0.2) is 25.6 Å². The van der Waals surface area contributed by atoms with E-state index in [9.17, 15) is 9.59 Å². The van der Waals surface area contributed by atoms with Crippen LogP contribution in [0.3, 0.4) is 0 Å². The van der Waals surface area contributed by atoms with Crippen molar-refractivity contribution in [1.82, 2.24) is 19.7 Å². The topological polar surface area (TPSA) is 103 Å². The van der Waals surface area contributed by atoms with Crippen molar-refractivity contribution >= 4 is 22.5 Å². The molecular formula is C24H23N5O3. The van der Waals surface area contributed by atoms with Gasteiger partial charge < -0.3 is 9.84 Å². The lowest BCUT2D eigenvalue weighted by atomic mass is 10.1. The van der Waals surface area contributed by atoms with E-state index in [0.717, 1.165) is 44.5 Å². The van der Waals surface area contributed by atoms with Gasteiger partial charge in [0.1, 0.15) is 5.82 Å². The molecule has 8 heteroatoms. The quantitative estimate of drug-likeness (QED) is 0.530. The molecule has 0 bridgehead atoms. The molecule has 0 spiro atoms. The summed E-state index contributed by atoms with van der Waals surface area (Å²) in [6.45, 7) is 0.719. The van der Waals surface area contributed by atoms with Crippen LogP contribution in [0.15, 0.2) is 57.8 Å². The molecule has 162 valence electrons. The van der Waals surface area contributed by atoms with Crippen molar-refractivity contribution in [3.05, 3.63) is 70.5 Å². The number of nitrogens with zero attached hydrogens (tertiary/aromatic N) is 4. The summed E-state index contributed by atoms with van der Waals surface area (Å²) < 4.78 is 7.19. The van der Waals surface area contributed by atoms with Gasteiger partial charge in [-0.1, -0.05) is 36.2 Å². The van der Waals surface area contributed by atoms with Crippen LogP contribution < -0.4 is 10.9 Å². The zero-order chi connectivity index (χ0) is 21.9. The highest BCUT2D eigenvalue weighted by atomic mass is 16.5. The van der Waals surface area contributed by atoms with Crippen LogP contribution in [0.25, 0.3) is 22.4 Å². The second-order valence-electron chi connectivity index (χ2n) is 7.99. The van der Waals surface area contributed by atoms with Crippen molar-refractivity contribution in [2.24, 2.45) is 0 Å². The Kier molecular flexibility index (Phi) is 5.49. The maximum absolute atomic E-state index is 13.0. The molecule has 2 aromatic carbocycles. The highest BCUT2D eigenvalue weighted by molar-refractivity contribution is 5.91. The highest BCUT2D eigenvalue weighted by Gasteiger charge is 2.16. The number of carbonyl (C=O) groups is 1. The standard InChI is InChI=1S/C24H23N5O3/c30-22(25-17-8-4-3-5-9-17)15-20-27-23(32-28-20)16-11-12-18-19(14-16)26-21-10-6-1-2-7-13-29(21)24(18)31/h3-5,8-9,11-12,14H,1-2,6-7,10,13,15H2,(H,25,30). The second-order valence-corrected chi connectivity index (χ2v) is 7.99. The summed E-state index contributed by atoms with van der Waals surface area (Å²) in [7, 11) is 0. The maximum atomic E-state index is 13.0. The van der Waals surface area contributed by atoms with Crippen molar-refractivity contribution in [1.29, 1.82) is 0 Å². The monoisotopic (exact) mass is 429 g/mol. The molecule has 1 N–H and O–H groups in total. The van der Waals surface area contributed by atoms with E-state index >= 15 is 0 Å². The summed E-state index contributed by atoms with van der Waals surface area (Å²) >= 11 is 0. The fourth-order valence-electron chi connectivity index (χ4n) is 4.04. The van der Waals surface area contributed by atoms with Crippen molar-refractivity contribution in [2.45, 2.75) is 45.1 Å². The molecule has 1 amide bonds. The van der Waals surface area contributed by atoms with Gasteiger partial charge in [0.05, 0.1) is 17.3 Å². The van der Waals surface area contributed by atoms with Gasteiger partial charge in [0, 0.05) is 24.2 Å². The Morgan fingerprint density at radius 3 is 2.75 bits per heavy atom. The van der Waals surface area contributed by atoms with Crippen molar-refractivity contribution in [2.75, 3.05) is 5.32 Å². The third kappa shape index (κ3) is 4.16. The highest BCUT2D eigenvalue weighted by Crippen LogP contribution is 2.22. The van der Waals surface area contributed by atoms with Gasteiger partial charge in [0.2, 0.25) is 5.91 Å². The Bertz CT molecular complexity index is 1330. The zero-order valence-electron chi connectivity index (χ0n) is 17.6. The predicted octanol–water partition coefficient (Wildman–Crippen LogP) is 3.74. The van der Waals surface area contributed by atoms with Gasteiger partial charge in [0.25, 0.3) is 11.4 Å². The first-order chi connectivity index (χ1) is 15.7. The van der Waals surface area contributed by atoms with E-state index in [2.05, 4.69) is 15.5 Å². The molecule has 4 aromatic rings. The Morgan fingerprint density at radius 2 is 1.88 bits per heavy atom.